The van der Waals surface area contributed by atoms with E-state index in [1.54, 1.807) is 11.3 Å². The molecular formula is C38H68BrNO6SSi2. The maximum absolute atomic E-state index is 14.9. The van der Waals surface area contributed by atoms with E-state index in [1.165, 1.54) is 0 Å². The lowest BCUT2D eigenvalue weighted by atomic mass is 9.73. The molecule has 2 rings (SSSR count). The summed E-state index contributed by atoms with van der Waals surface area (Å²) in [5.74, 6) is -0.572. The molecule has 0 bridgehead atoms. The molecule has 0 aliphatic carbocycles. The fourth-order valence-corrected chi connectivity index (χ4v) is 14.6. The third kappa shape index (κ3) is 11.9. The zero-order valence-electron chi connectivity index (χ0n) is 32.7. The van der Waals surface area contributed by atoms with Gasteiger partial charge in [0.05, 0.1) is 35.4 Å². The number of aliphatic hydroxyl groups is 1. The predicted octanol–water partition coefficient (Wildman–Crippen LogP) is 10.5. The molecule has 0 saturated carbocycles. The molecule has 11 heteroatoms. The molecule has 1 N–H and O–H groups in total. The van der Waals surface area contributed by atoms with Crippen LogP contribution >= 0.6 is 27.3 Å². The predicted molar refractivity (Wildman–Crippen MR) is 213 cm³/mol. The fraction of sp³-hybridized carbons (Fsp3) is 0.816. The number of carbonyl (C=O) groups is 2. The van der Waals surface area contributed by atoms with Crippen molar-refractivity contribution in [2.45, 2.75) is 181 Å². The second kappa shape index (κ2) is 19.9. The Hall–Kier alpha value is -0.696. The van der Waals surface area contributed by atoms with Gasteiger partial charge in [0.25, 0.3) is 0 Å². The maximum Gasteiger partial charge on any atom is 0.309 e. The molecule has 1 aliphatic heterocycles. The van der Waals surface area contributed by atoms with Crippen molar-refractivity contribution < 1.29 is 28.3 Å². The Bertz CT molecular complexity index is 1200. The third-order valence-corrected chi connectivity index (χ3v) is 22.8. The number of thiazole rings is 1. The molecule has 0 spiro atoms. The summed E-state index contributed by atoms with van der Waals surface area (Å²) in [5.41, 5.74) is 0.741. The molecule has 0 radical (unpaired) electrons. The number of alkyl halides is 1. The fourth-order valence-electron chi connectivity index (χ4n) is 7.45. The van der Waals surface area contributed by atoms with Crippen LogP contribution in [0.5, 0.6) is 0 Å². The lowest BCUT2D eigenvalue weighted by molar-refractivity contribution is -0.153. The first-order valence-electron chi connectivity index (χ1n) is 19.0. The number of Topliss-reactive ketones (excluding diaryl/α,β-unsaturated/α-hetero) is 1. The molecule has 1 saturated heterocycles. The van der Waals surface area contributed by atoms with Crippen molar-refractivity contribution >= 4 is 61.7 Å². The number of aliphatic hydroxyl groups excluding tert-OH is 1. The summed E-state index contributed by atoms with van der Waals surface area (Å²) in [7, 11) is -4.29. The second-order valence-electron chi connectivity index (χ2n) is 15.1. The van der Waals surface area contributed by atoms with Gasteiger partial charge >= 0.3 is 5.97 Å². The van der Waals surface area contributed by atoms with Crippen molar-refractivity contribution in [3.63, 3.8) is 0 Å². The lowest BCUT2D eigenvalue weighted by Gasteiger charge is -2.44. The molecule has 49 heavy (non-hydrogen) atoms. The van der Waals surface area contributed by atoms with Gasteiger partial charge in [0, 0.05) is 28.0 Å². The molecular weight excluding hydrogens is 735 g/mol. The molecule has 7 atom stereocenters. The topological polar surface area (TPSA) is 95.0 Å². The number of halogens is 1. The Morgan fingerprint density at radius 1 is 1.02 bits per heavy atom. The van der Waals surface area contributed by atoms with Gasteiger partial charge in [-0.1, -0.05) is 91.6 Å². The van der Waals surface area contributed by atoms with Crippen molar-refractivity contribution in [2.75, 3.05) is 0 Å². The standard InChI is InChI=1S/C38H68BrNO6SSi2/c1-13-48(14-2,15-3)45-34-24-35(42)44-33(27(8)22-30-25-47-29(10)40-30)23-31(39)32(41)21-19-20-26(7)36(28(9)37(43)38(34,11)12)46-49(16-4,17-5)18-6/h22,25-26,28,31-34,36,41H,13-21,23-24H2,1-12H3/b27-22+/t26-,28+,31+,32+,33-,34-,36-/m0/s1. The Morgan fingerprint density at radius 2 is 1.57 bits per heavy atom. The van der Waals surface area contributed by atoms with Crippen molar-refractivity contribution in [3.8, 4) is 0 Å². The van der Waals surface area contributed by atoms with E-state index in [-0.39, 0.29) is 35.0 Å². The maximum atomic E-state index is 14.9. The van der Waals surface area contributed by atoms with E-state index in [1.807, 2.05) is 46.1 Å². The van der Waals surface area contributed by atoms with Gasteiger partial charge in [-0.2, -0.15) is 0 Å². The number of nitrogens with zero attached hydrogens (tertiary/aromatic N) is 1. The van der Waals surface area contributed by atoms with E-state index < -0.39 is 46.3 Å². The summed E-state index contributed by atoms with van der Waals surface area (Å²) in [6, 6.07) is 5.74. The van der Waals surface area contributed by atoms with Crippen LogP contribution in [-0.2, 0) is 23.2 Å². The summed E-state index contributed by atoms with van der Waals surface area (Å²) >= 11 is 5.35. The molecule has 1 aliphatic rings. The van der Waals surface area contributed by atoms with Crippen LogP contribution in [0.15, 0.2) is 11.0 Å². The van der Waals surface area contributed by atoms with E-state index in [4.69, 9.17) is 13.6 Å². The van der Waals surface area contributed by atoms with Gasteiger partial charge in [-0.05, 0) is 80.5 Å². The van der Waals surface area contributed by atoms with Crippen molar-refractivity contribution in [1.82, 2.24) is 4.98 Å². The normalized spacial score (nSPS) is 28.8. The molecule has 0 aromatic carbocycles. The first-order valence-corrected chi connectivity index (χ1v) is 25.8. The van der Waals surface area contributed by atoms with Crippen LogP contribution in [0.1, 0.15) is 119 Å². The van der Waals surface area contributed by atoms with Gasteiger partial charge in [-0.15, -0.1) is 11.3 Å². The molecule has 1 fully saturated rings. The largest absolute Gasteiger partial charge is 0.458 e. The number of aromatic nitrogens is 1. The van der Waals surface area contributed by atoms with Crippen LogP contribution in [0.25, 0.3) is 6.08 Å². The highest BCUT2D eigenvalue weighted by Gasteiger charge is 2.48. The van der Waals surface area contributed by atoms with Crippen molar-refractivity contribution in [2.24, 2.45) is 17.3 Å². The molecule has 282 valence electrons. The molecule has 1 aromatic heterocycles. The van der Waals surface area contributed by atoms with Gasteiger partial charge < -0.3 is 18.7 Å². The summed E-state index contributed by atoms with van der Waals surface area (Å²) < 4.78 is 20.6. The summed E-state index contributed by atoms with van der Waals surface area (Å²) in [5, 5.41) is 14.3. The average Bonchev–Trinajstić information content (AvgIpc) is 3.49. The van der Waals surface area contributed by atoms with E-state index in [2.05, 4.69) is 69.4 Å². The van der Waals surface area contributed by atoms with Gasteiger partial charge in [-0.25, -0.2) is 4.98 Å². The summed E-state index contributed by atoms with van der Waals surface area (Å²) in [6.07, 6.45) is 2.54. The molecule has 1 aromatic rings. The minimum absolute atomic E-state index is 0.0199. The Labute approximate surface area is 313 Å². The monoisotopic (exact) mass is 801 g/mol. The first-order chi connectivity index (χ1) is 23.0. The SMILES string of the molecule is CC[Si](CC)(CC)O[C@H]1[C@@H](C)CCC[C@@H](O)[C@H](Br)C[C@@H](/C(C)=C/c2csc(C)n2)OC(=O)C[C@H](O[Si](CC)(CC)CC)C(C)(C)C(=O)[C@@H]1C. The average molecular weight is 803 g/mol. The number of ketones is 1. The van der Waals surface area contributed by atoms with Crippen molar-refractivity contribution in [1.29, 1.82) is 0 Å². The van der Waals surface area contributed by atoms with E-state index in [9.17, 15) is 14.7 Å². The Kier molecular flexibility index (Phi) is 18.1. The van der Waals surface area contributed by atoms with Gasteiger partial charge in [-0.3, -0.25) is 9.59 Å². The Morgan fingerprint density at radius 3 is 2.08 bits per heavy atom. The van der Waals surface area contributed by atoms with E-state index >= 15 is 0 Å². The van der Waals surface area contributed by atoms with Gasteiger partial charge in [0.1, 0.15) is 11.9 Å². The zero-order valence-corrected chi connectivity index (χ0v) is 37.1. The summed E-state index contributed by atoms with van der Waals surface area (Å²) in [6.45, 7) is 25.3. The minimum atomic E-state index is -2.24. The highest BCUT2D eigenvalue weighted by Crippen LogP contribution is 2.40. The second-order valence-corrected chi connectivity index (χ2v) is 26.8. The molecule has 0 unspecified atom stereocenters. The number of carbonyl (C=O) groups excluding carboxylic acids is 2. The number of hydrogen-bond donors (Lipinski definition) is 1. The van der Waals surface area contributed by atoms with Crippen LogP contribution in [0.2, 0.25) is 36.3 Å². The number of cyclic esters (lactones) is 1. The molecule has 7 nitrogen and oxygen atoms in total. The van der Waals surface area contributed by atoms with Gasteiger partial charge in [0.2, 0.25) is 0 Å². The van der Waals surface area contributed by atoms with Crippen LogP contribution < -0.4 is 0 Å². The minimum Gasteiger partial charge on any atom is -0.458 e. The van der Waals surface area contributed by atoms with Gasteiger partial charge in [0.15, 0.2) is 16.6 Å². The third-order valence-electron chi connectivity index (χ3n) is 11.7. The number of esters is 1. The van der Waals surface area contributed by atoms with E-state index in [0.717, 1.165) is 65.4 Å². The van der Waals surface area contributed by atoms with Crippen LogP contribution in [0.4, 0.5) is 0 Å². The van der Waals surface area contributed by atoms with Crippen molar-refractivity contribution in [3.05, 3.63) is 21.7 Å². The highest BCUT2D eigenvalue weighted by atomic mass is 79.9. The smallest absolute Gasteiger partial charge is 0.309 e. The molecule has 2 heterocycles. The Balaban J connectivity index is 2.66. The van der Waals surface area contributed by atoms with Crippen LogP contribution in [0.3, 0.4) is 0 Å². The van der Waals surface area contributed by atoms with E-state index in [0.29, 0.717) is 12.8 Å². The number of ether oxygens (including phenoxy) is 1. The number of hydrogen-bond acceptors (Lipinski definition) is 8. The number of rotatable bonds is 12. The lowest BCUT2D eigenvalue weighted by Crippen LogP contribution is -2.53. The number of aryl methyl sites for hydroxylation is 1. The first kappa shape index (κ1) is 44.5. The zero-order chi connectivity index (χ0) is 37.2. The molecule has 0 amide bonds. The highest BCUT2D eigenvalue weighted by molar-refractivity contribution is 9.09. The quantitative estimate of drug-likeness (QED) is 0.128. The summed E-state index contributed by atoms with van der Waals surface area (Å²) in [4.78, 5) is 33.2. The van der Waals surface area contributed by atoms with Crippen LogP contribution in [-0.4, -0.2) is 67.7 Å². The van der Waals surface area contributed by atoms with Crippen LogP contribution in [0, 0.1) is 24.2 Å².